The number of nitrogens with one attached hydrogen (secondary N) is 1. The van der Waals surface area contributed by atoms with Crippen LogP contribution in [0.3, 0.4) is 0 Å². The van der Waals surface area contributed by atoms with E-state index in [0.717, 1.165) is 11.3 Å². The van der Waals surface area contributed by atoms with Gasteiger partial charge >= 0.3 is 0 Å². The molecule has 1 amide bonds. The third kappa shape index (κ3) is 4.36. The van der Waals surface area contributed by atoms with Crippen LogP contribution in [0.15, 0.2) is 59.5 Å². The summed E-state index contributed by atoms with van der Waals surface area (Å²) < 4.78 is 32.2. The highest BCUT2D eigenvalue weighted by atomic mass is 32.2. The maximum Gasteiger partial charge on any atom is 0.243 e. The number of methoxy groups -OCH3 is 1. The quantitative estimate of drug-likeness (QED) is 0.806. The van der Waals surface area contributed by atoms with Crippen LogP contribution >= 0.6 is 0 Å². The van der Waals surface area contributed by atoms with E-state index in [9.17, 15) is 13.2 Å². The molecule has 150 valence electrons. The largest absolute Gasteiger partial charge is 0.496 e. The van der Waals surface area contributed by atoms with Crippen molar-refractivity contribution in [3.05, 3.63) is 60.2 Å². The Kier molecular flexibility index (Phi) is 6.36. The fraction of sp³-hybridized carbons (Fsp3) is 0.381. The van der Waals surface area contributed by atoms with Gasteiger partial charge in [0.25, 0.3) is 0 Å². The lowest BCUT2D eigenvalue weighted by Crippen LogP contribution is -2.43. The first-order chi connectivity index (χ1) is 13.4. The summed E-state index contributed by atoms with van der Waals surface area (Å²) in [6.07, 6.45) is 1.02. The van der Waals surface area contributed by atoms with E-state index in [1.807, 2.05) is 31.2 Å². The number of piperidine rings is 1. The van der Waals surface area contributed by atoms with E-state index >= 15 is 0 Å². The van der Waals surface area contributed by atoms with Crippen LogP contribution in [-0.2, 0) is 14.8 Å². The van der Waals surface area contributed by atoms with Crippen LogP contribution in [0, 0.1) is 5.92 Å². The molecule has 1 saturated heterocycles. The summed E-state index contributed by atoms with van der Waals surface area (Å²) in [4.78, 5) is 13.0. The van der Waals surface area contributed by atoms with Crippen molar-refractivity contribution in [1.29, 1.82) is 0 Å². The molecule has 0 bridgehead atoms. The number of benzene rings is 2. The predicted molar refractivity (Wildman–Crippen MR) is 107 cm³/mol. The van der Waals surface area contributed by atoms with Crippen LogP contribution < -0.4 is 10.1 Å². The average Bonchev–Trinajstić information content (AvgIpc) is 2.74. The van der Waals surface area contributed by atoms with Crippen LogP contribution in [0.1, 0.15) is 31.4 Å². The molecule has 6 nitrogen and oxygen atoms in total. The number of ether oxygens (including phenoxy) is 1. The van der Waals surface area contributed by atoms with Crippen LogP contribution in [0.5, 0.6) is 5.75 Å². The number of amides is 1. The van der Waals surface area contributed by atoms with Crippen molar-refractivity contribution in [3.8, 4) is 5.75 Å². The standard InChI is InChI=1S/C21H26N2O4S/c1-16(19-10-6-7-11-20(19)27-2)22-21(24)17-12-14-23(15-13-17)28(25,26)18-8-4-3-5-9-18/h3-11,16-17H,12-15H2,1-2H3,(H,22,24)/t16-/m1/s1. The number of hydrogen-bond donors (Lipinski definition) is 1. The van der Waals surface area contributed by atoms with E-state index in [-0.39, 0.29) is 17.9 Å². The number of sulfonamides is 1. The minimum Gasteiger partial charge on any atom is -0.496 e. The molecule has 1 aliphatic heterocycles. The minimum atomic E-state index is -3.50. The second-order valence-electron chi connectivity index (χ2n) is 6.96. The molecule has 1 aliphatic rings. The Morgan fingerprint density at radius 1 is 1.07 bits per heavy atom. The van der Waals surface area contributed by atoms with Gasteiger partial charge in [0.05, 0.1) is 18.0 Å². The third-order valence-corrected chi connectivity index (χ3v) is 7.08. The highest BCUT2D eigenvalue weighted by molar-refractivity contribution is 7.89. The molecule has 3 rings (SSSR count). The van der Waals surface area contributed by atoms with E-state index in [1.165, 1.54) is 4.31 Å². The Hall–Kier alpha value is -2.38. The molecular weight excluding hydrogens is 376 g/mol. The zero-order valence-electron chi connectivity index (χ0n) is 16.2. The Morgan fingerprint density at radius 3 is 2.32 bits per heavy atom. The molecule has 0 spiro atoms. The summed E-state index contributed by atoms with van der Waals surface area (Å²) >= 11 is 0. The van der Waals surface area contributed by atoms with Crippen LogP contribution in [-0.4, -0.2) is 38.8 Å². The van der Waals surface area contributed by atoms with Gasteiger partial charge < -0.3 is 10.1 Å². The number of hydrogen-bond acceptors (Lipinski definition) is 4. The molecule has 0 aliphatic carbocycles. The SMILES string of the molecule is COc1ccccc1[C@@H](C)NC(=O)C1CCN(S(=O)(=O)c2ccccc2)CC1. The lowest BCUT2D eigenvalue weighted by atomic mass is 9.96. The first-order valence-corrected chi connectivity index (χ1v) is 10.9. The minimum absolute atomic E-state index is 0.0461. The first-order valence-electron chi connectivity index (χ1n) is 9.42. The van der Waals surface area contributed by atoms with E-state index < -0.39 is 10.0 Å². The van der Waals surface area contributed by atoms with Crippen molar-refractivity contribution in [1.82, 2.24) is 9.62 Å². The Morgan fingerprint density at radius 2 is 1.68 bits per heavy atom. The summed E-state index contributed by atoms with van der Waals surface area (Å²) in [7, 11) is -1.89. The van der Waals surface area contributed by atoms with Gasteiger partial charge in [0, 0.05) is 24.6 Å². The first kappa shape index (κ1) is 20.4. The summed E-state index contributed by atoms with van der Waals surface area (Å²) in [6.45, 7) is 2.61. The highest BCUT2D eigenvalue weighted by Crippen LogP contribution is 2.27. The molecule has 0 unspecified atom stereocenters. The van der Waals surface area contributed by atoms with Crippen LogP contribution in [0.25, 0.3) is 0 Å². The zero-order valence-corrected chi connectivity index (χ0v) is 17.0. The highest BCUT2D eigenvalue weighted by Gasteiger charge is 2.32. The Bertz CT molecular complexity index is 907. The van der Waals surface area contributed by atoms with E-state index in [1.54, 1.807) is 37.4 Å². The average molecular weight is 403 g/mol. The zero-order chi connectivity index (χ0) is 20.1. The van der Waals surface area contributed by atoms with E-state index in [2.05, 4.69) is 5.32 Å². The van der Waals surface area contributed by atoms with Crippen molar-refractivity contribution in [2.45, 2.75) is 30.7 Å². The van der Waals surface area contributed by atoms with Crippen LogP contribution in [0.4, 0.5) is 0 Å². The lowest BCUT2D eigenvalue weighted by Gasteiger charge is -2.31. The topological polar surface area (TPSA) is 75.7 Å². The summed E-state index contributed by atoms with van der Waals surface area (Å²) in [5.41, 5.74) is 0.919. The molecule has 1 atom stereocenters. The molecule has 1 fully saturated rings. The Labute approximate surface area is 166 Å². The van der Waals surface area contributed by atoms with Gasteiger partial charge in [0.1, 0.15) is 5.75 Å². The van der Waals surface area contributed by atoms with Gasteiger partial charge in [0.2, 0.25) is 15.9 Å². The van der Waals surface area contributed by atoms with Gasteiger partial charge in [-0.15, -0.1) is 0 Å². The van der Waals surface area contributed by atoms with Crippen molar-refractivity contribution >= 4 is 15.9 Å². The molecule has 0 radical (unpaired) electrons. The summed E-state index contributed by atoms with van der Waals surface area (Å²) in [6, 6.07) is 15.8. The molecular formula is C21H26N2O4S. The summed E-state index contributed by atoms with van der Waals surface area (Å²) in [5.74, 6) is 0.494. The second kappa shape index (κ2) is 8.75. The maximum atomic E-state index is 12.7. The molecule has 28 heavy (non-hydrogen) atoms. The van der Waals surface area contributed by atoms with Crippen molar-refractivity contribution in [3.63, 3.8) is 0 Å². The van der Waals surface area contributed by atoms with Gasteiger partial charge in [-0.3, -0.25) is 4.79 Å². The number of nitrogens with zero attached hydrogens (tertiary/aromatic N) is 1. The number of carbonyl (C=O) groups is 1. The maximum absolute atomic E-state index is 12.7. The smallest absolute Gasteiger partial charge is 0.243 e. The van der Waals surface area contributed by atoms with Crippen molar-refractivity contribution in [2.24, 2.45) is 5.92 Å². The molecule has 0 aromatic heterocycles. The monoisotopic (exact) mass is 402 g/mol. The number of rotatable bonds is 6. The fourth-order valence-electron chi connectivity index (χ4n) is 3.53. The van der Waals surface area contributed by atoms with Crippen molar-refractivity contribution in [2.75, 3.05) is 20.2 Å². The second-order valence-corrected chi connectivity index (χ2v) is 8.90. The van der Waals surface area contributed by atoms with Gasteiger partial charge in [0.15, 0.2) is 0 Å². The van der Waals surface area contributed by atoms with Crippen LogP contribution in [0.2, 0.25) is 0 Å². The van der Waals surface area contributed by atoms with Gasteiger partial charge in [-0.25, -0.2) is 8.42 Å². The molecule has 0 saturated carbocycles. The fourth-order valence-corrected chi connectivity index (χ4v) is 5.02. The number of para-hydroxylation sites is 1. The van der Waals surface area contributed by atoms with E-state index in [4.69, 9.17) is 4.74 Å². The van der Waals surface area contributed by atoms with E-state index in [0.29, 0.717) is 30.8 Å². The van der Waals surface area contributed by atoms with Gasteiger partial charge in [-0.2, -0.15) is 4.31 Å². The normalized spacial score (nSPS) is 17.1. The summed E-state index contributed by atoms with van der Waals surface area (Å²) in [5, 5.41) is 3.04. The molecule has 2 aromatic carbocycles. The molecule has 1 heterocycles. The predicted octanol–water partition coefficient (Wildman–Crippen LogP) is 2.97. The third-order valence-electron chi connectivity index (χ3n) is 5.17. The molecule has 2 aromatic rings. The molecule has 1 N–H and O–H groups in total. The van der Waals surface area contributed by atoms with Crippen molar-refractivity contribution < 1.29 is 17.9 Å². The van der Waals surface area contributed by atoms with Gasteiger partial charge in [-0.1, -0.05) is 36.4 Å². The number of carbonyl (C=O) groups excluding carboxylic acids is 1. The van der Waals surface area contributed by atoms with Gasteiger partial charge in [-0.05, 0) is 38.0 Å². The molecule has 7 heteroatoms. The Balaban J connectivity index is 1.59. The lowest BCUT2D eigenvalue weighted by molar-refractivity contribution is -0.126.